The van der Waals surface area contributed by atoms with Crippen LogP contribution in [-0.4, -0.2) is 14.6 Å². The van der Waals surface area contributed by atoms with E-state index >= 15 is 0 Å². The van der Waals surface area contributed by atoms with Crippen molar-refractivity contribution in [1.29, 1.82) is 0 Å². The Morgan fingerprint density at radius 3 is 1.84 bits per heavy atom. The lowest BCUT2D eigenvalue weighted by atomic mass is 10.2. The van der Waals surface area contributed by atoms with Crippen LogP contribution in [0, 0.1) is 6.92 Å². The Balaban J connectivity index is 1.79. The molecule has 3 rings (SSSR count). The number of allylic oxidation sites excluding steroid dienone is 1. The number of aryl methyl sites for hydroxylation is 1. The van der Waals surface area contributed by atoms with Crippen molar-refractivity contribution < 1.29 is 22.0 Å². The molecule has 6 nitrogen and oxygen atoms in total. The third-order valence-electron chi connectivity index (χ3n) is 4.21. The highest BCUT2D eigenvalue weighted by Crippen LogP contribution is 2.49. The molecule has 0 aliphatic heterocycles. The normalized spacial score (nSPS) is 12.3. The fraction of sp³-hybridized carbons (Fsp3) is 0.130. The second kappa shape index (κ2) is 9.86. The zero-order valence-corrected chi connectivity index (χ0v) is 19.0. The molecule has 0 amide bonds. The minimum Gasteiger partial charge on any atom is -0.416 e. The van der Waals surface area contributed by atoms with Gasteiger partial charge in [0.2, 0.25) is 0 Å². The van der Waals surface area contributed by atoms with Crippen LogP contribution in [0.15, 0.2) is 102 Å². The first-order valence-corrected chi connectivity index (χ1v) is 12.8. The van der Waals surface area contributed by atoms with E-state index in [0.29, 0.717) is 17.1 Å². The summed E-state index contributed by atoms with van der Waals surface area (Å²) in [5.41, 5.74) is 1.45. The molecule has 1 N–H and O–H groups in total. The average Bonchev–Trinajstić information content (AvgIpc) is 2.74. The van der Waals surface area contributed by atoms with Gasteiger partial charge in [0.25, 0.3) is 10.0 Å². The van der Waals surface area contributed by atoms with E-state index in [2.05, 4.69) is 4.72 Å². The van der Waals surface area contributed by atoms with Crippen LogP contribution in [-0.2, 0) is 14.6 Å². The van der Waals surface area contributed by atoms with E-state index < -0.39 is 17.6 Å². The maximum atomic E-state index is 13.5. The van der Waals surface area contributed by atoms with Crippen molar-refractivity contribution >= 4 is 17.6 Å². The summed E-state index contributed by atoms with van der Waals surface area (Å²) in [6.07, 6.45) is 1.21. The highest BCUT2D eigenvalue weighted by Gasteiger charge is 2.29. The van der Waals surface area contributed by atoms with Crippen LogP contribution in [0.5, 0.6) is 11.5 Å². The van der Waals surface area contributed by atoms with E-state index in [9.17, 15) is 13.0 Å². The summed E-state index contributed by atoms with van der Waals surface area (Å²) in [5, 5.41) is 0. The lowest BCUT2D eigenvalue weighted by Gasteiger charge is -2.20. The number of rotatable bonds is 9. The van der Waals surface area contributed by atoms with Gasteiger partial charge in [0.1, 0.15) is 11.5 Å². The Morgan fingerprint density at radius 2 is 1.35 bits per heavy atom. The highest BCUT2D eigenvalue weighted by atomic mass is 32.2. The van der Waals surface area contributed by atoms with Gasteiger partial charge in [-0.05, 0) is 55.8 Å². The van der Waals surface area contributed by atoms with E-state index in [1.807, 2.05) is 19.1 Å². The van der Waals surface area contributed by atoms with Crippen LogP contribution < -0.4 is 13.8 Å². The highest BCUT2D eigenvalue weighted by molar-refractivity contribution is 7.89. The Labute approximate surface area is 183 Å². The first-order valence-electron chi connectivity index (χ1n) is 9.59. The van der Waals surface area contributed by atoms with Gasteiger partial charge in [-0.1, -0.05) is 54.1 Å². The number of benzene rings is 3. The summed E-state index contributed by atoms with van der Waals surface area (Å²) >= 11 is 0. The monoisotopic (exact) mass is 457 g/mol. The average molecular weight is 457 g/mol. The van der Waals surface area contributed by atoms with Crippen LogP contribution in [0.3, 0.4) is 0 Å². The summed E-state index contributed by atoms with van der Waals surface area (Å²) in [6.45, 7) is 3.54. The first-order chi connectivity index (χ1) is 14.8. The predicted octanol–water partition coefficient (Wildman–Crippen LogP) is 5.53. The van der Waals surface area contributed by atoms with Crippen molar-refractivity contribution in [3.05, 3.63) is 102 Å². The molecule has 0 spiro atoms. The first kappa shape index (κ1) is 22.7. The molecule has 3 aromatic carbocycles. The van der Waals surface area contributed by atoms with Crippen LogP contribution in [0.2, 0.25) is 0 Å². The number of para-hydroxylation sites is 2. The SMILES string of the molecule is C/C(=C/NS(=O)(=O)c1ccc(C)cc1)CP(=O)(Oc1ccccc1)Oc1ccccc1. The van der Waals surface area contributed by atoms with Gasteiger partial charge in [-0.2, -0.15) is 0 Å². The van der Waals surface area contributed by atoms with Gasteiger partial charge >= 0.3 is 7.60 Å². The van der Waals surface area contributed by atoms with Gasteiger partial charge in [0, 0.05) is 6.20 Å². The van der Waals surface area contributed by atoms with Crippen molar-refractivity contribution in [2.45, 2.75) is 18.7 Å². The molecule has 0 aliphatic rings. The van der Waals surface area contributed by atoms with Crippen LogP contribution in [0.25, 0.3) is 0 Å². The zero-order valence-electron chi connectivity index (χ0n) is 17.3. The second-order valence-corrected chi connectivity index (χ2v) is 10.6. The molecule has 0 atom stereocenters. The molecule has 0 aliphatic carbocycles. The molecule has 0 radical (unpaired) electrons. The Bertz CT molecular complexity index is 1130. The Kier molecular flexibility index (Phi) is 7.21. The summed E-state index contributed by atoms with van der Waals surface area (Å²) in [6, 6.07) is 23.9. The van der Waals surface area contributed by atoms with E-state index in [-0.39, 0.29) is 11.1 Å². The quantitative estimate of drug-likeness (QED) is 0.428. The number of hydrogen-bond donors (Lipinski definition) is 1. The molecule has 0 saturated carbocycles. The second-order valence-electron chi connectivity index (χ2n) is 7.00. The van der Waals surface area contributed by atoms with Gasteiger partial charge < -0.3 is 9.05 Å². The minimum atomic E-state index is -3.74. The zero-order chi connectivity index (χ0) is 22.3. The molecule has 3 aromatic rings. The maximum absolute atomic E-state index is 13.5. The number of hydrogen-bond acceptors (Lipinski definition) is 5. The molecule has 0 saturated heterocycles. The summed E-state index contributed by atoms with van der Waals surface area (Å²) in [7, 11) is -7.43. The molecule has 0 aromatic heterocycles. The van der Waals surface area contributed by atoms with Gasteiger partial charge in [0.15, 0.2) is 0 Å². The summed E-state index contributed by atoms with van der Waals surface area (Å²) in [4.78, 5) is 0.145. The van der Waals surface area contributed by atoms with Gasteiger partial charge in [-0.3, -0.25) is 4.72 Å². The molecule has 162 valence electrons. The lowest BCUT2D eigenvalue weighted by molar-refractivity contribution is 0.388. The smallest absolute Gasteiger partial charge is 0.416 e. The van der Waals surface area contributed by atoms with Gasteiger partial charge in [0.05, 0.1) is 11.1 Å². The van der Waals surface area contributed by atoms with Crippen molar-refractivity contribution in [2.75, 3.05) is 6.16 Å². The van der Waals surface area contributed by atoms with E-state index in [4.69, 9.17) is 9.05 Å². The summed E-state index contributed by atoms with van der Waals surface area (Å²) < 4.78 is 52.4. The molecule has 0 bridgehead atoms. The molecular weight excluding hydrogens is 433 g/mol. The van der Waals surface area contributed by atoms with Crippen molar-refractivity contribution in [3.63, 3.8) is 0 Å². The van der Waals surface area contributed by atoms with Crippen LogP contribution in [0.1, 0.15) is 12.5 Å². The van der Waals surface area contributed by atoms with Gasteiger partial charge in [-0.25, -0.2) is 13.0 Å². The molecule has 8 heteroatoms. The number of nitrogens with one attached hydrogen (secondary N) is 1. The molecule has 31 heavy (non-hydrogen) atoms. The third-order valence-corrected chi connectivity index (χ3v) is 7.40. The molecular formula is C23H24NO5PS. The maximum Gasteiger partial charge on any atom is 0.434 e. The van der Waals surface area contributed by atoms with Gasteiger partial charge in [-0.15, -0.1) is 0 Å². The number of sulfonamides is 1. The minimum absolute atomic E-state index is 0.104. The van der Waals surface area contributed by atoms with Crippen molar-refractivity contribution in [2.24, 2.45) is 0 Å². The van der Waals surface area contributed by atoms with E-state index in [1.54, 1.807) is 67.6 Å². The molecule has 0 unspecified atom stereocenters. The largest absolute Gasteiger partial charge is 0.434 e. The topological polar surface area (TPSA) is 81.7 Å². The van der Waals surface area contributed by atoms with Crippen LogP contribution in [0.4, 0.5) is 0 Å². The third kappa shape index (κ3) is 6.74. The van der Waals surface area contributed by atoms with E-state index in [1.165, 1.54) is 18.3 Å². The Morgan fingerprint density at radius 1 is 0.871 bits per heavy atom. The molecule has 0 fully saturated rings. The Hall–Kier alpha value is -3.02. The fourth-order valence-corrected chi connectivity index (χ4v) is 5.42. The predicted molar refractivity (Wildman–Crippen MR) is 122 cm³/mol. The molecule has 0 heterocycles. The summed E-state index contributed by atoms with van der Waals surface area (Å²) in [5.74, 6) is 0.796. The standard InChI is InChI=1S/C23H24NO5PS/c1-19-13-15-23(16-14-19)31(26,27)24-17-20(2)18-30(25,28-21-9-5-3-6-10-21)29-22-11-7-4-8-12-22/h3-17,24H,18H2,1-2H3/b20-17-. The lowest BCUT2D eigenvalue weighted by Crippen LogP contribution is -2.19. The van der Waals surface area contributed by atoms with E-state index in [0.717, 1.165) is 5.56 Å². The van der Waals surface area contributed by atoms with Crippen molar-refractivity contribution in [1.82, 2.24) is 4.72 Å². The fourth-order valence-electron chi connectivity index (χ4n) is 2.68. The van der Waals surface area contributed by atoms with Crippen molar-refractivity contribution in [3.8, 4) is 11.5 Å². The van der Waals surface area contributed by atoms with Crippen LogP contribution >= 0.6 is 7.60 Å².